The Morgan fingerprint density at radius 2 is 0.917 bits per heavy atom. The van der Waals surface area contributed by atoms with Crippen molar-refractivity contribution >= 4 is 17.1 Å². The van der Waals surface area contributed by atoms with Crippen LogP contribution < -0.4 is 0 Å². The normalized spacial score (nSPS) is 43.0. The minimum atomic E-state index is -1.93. The van der Waals surface area contributed by atoms with Crippen molar-refractivity contribution in [1.82, 2.24) is 0 Å². The number of rotatable bonds is 0. The molecular weight excluding hydrogens is 192 g/mol. The van der Waals surface area contributed by atoms with Crippen LogP contribution in [0.4, 0.5) is 0 Å². The summed E-state index contributed by atoms with van der Waals surface area (Å²) in [5, 5.41) is 0. The van der Waals surface area contributed by atoms with Crippen molar-refractivity contribution in [2.75, 3.05) is 0 Å². The zero-order chi connectivity index (χ0) is 8.98. The molecule has 2 rings (SSSR count). The zero-order valence-electron chi connectivity index (χ0n) is 7.79. The topological polar surface area (TPSA) is 36.9 Å². The van der Waals surface area contributed by atoms with Gasteiger partial charge in [0, 0.05) is 0 Å². The zero-order valence-corrected chi connectivity index (χ0v) is 9.79. The summed E-state index contributed by atoms with van der Waals surface area (Å²) in [6.07, 6.45) is -0.512. The van der Waals surface area contributed by atoms with E-state index in [1.54, 1.807) is 0 Å². The molecule has 0 aromatic heterocycles. The molecule has 0 spiro atoms. The first-order chi connectivity index (χ1) is 5.38. The fraction of sp³-hybridized carbons (Fsp3) is 1.00. The van der Waals surface area contributed by atoms with Gasteiger partial charge in [-0.2, -0.15) is 0 Å². The molecule has 2 aliphatic heterocycles. The van der Waals surface area contributed by atoms with Crippen LogP contribution in [-0.2, 0) is 17.7 Å². The van der Waals surface area contributed by atoms with Gasteiger partial charge < -0.3 is 17.7 Å². The second-order valence-electron chi connectivity index (χ2n) is 4.01. The van der Waals surface area contributed by atoms with Gasteiger partial charge in [0.25, 0.3) is 0 Å². The van der Waals surface area contributed by atoms with Crippen LogP contribution in [-0.4, -0.2) is 29.7 Å². The summed E-state index contributed by atoms with van der Waals surface area (Å²) in [5.41, 5.74) is 0. The summed E-state index contributed by atoms with van der Waals surface area (Å²) >= 11 is 0. The van der Waals surface area contributed by atoms with Crippen molar-refractivity contribution in [1.29, 1.82) is 0 Å². The minimum Gasteiger partial charge on any atom is -0.364 e. The molecule has 0 saturated carbocycles. The molecule has 70 valence electrons. The van der Waals surface area contributed by atoms with E-state index in [1.165, 1.54) is 0 Å². The monoisotopic (exact) mass is 206 g/mol. The maximum absolute atomic E-state index is 5.61. The molecule has 0 bridgehead atoms. The Bertz CT molecular complexity index is 168. The van der Waals surface area contributed by atoms with Crippen LogP contribution in [0.15, 0.2) is 0 Å². The summed E-state index contributed by atoms with van der Waals surface area (Å²) in [5.74, 6) is 0. The average molecular weight is 206 g/mol. The summed E-state index contributed by atoms with van der Waals surface area (Å²) in [4.78, 5) is 0. The van der Waals surface area contributed by atoms with Crippen LogP contribution in [0.1, 0.15) is 0 Å². The summed E-state index contributed by atoms with van der Waals surface area (Å²) < 4.78 is 22.4. The molecule has 6 heteroatoms. The molecule has 4 nitrogen and oxygen atoms in total. The van der Waals surface area contributed by atoms with Crippen LogP contribution in [0.25, 0.3) is 0 Å². The number of fused-ring (bicyclic) bond motifs is 1. The Morgan fingerprint density at radius 1 is 0.667 bits per heavy atom. The highest BCUT2D eigenvalue weighted by Gasteiger charge is 2.54. The van der Waals surface area contributed by atoms with Gasteiger partial charge in [-0.1, -0.05) is 0 Å². The molecule has 12 heavy (non-hydrogen) atoms. The molecule has 2 fully saturated rings. The van der Waals surface area contributed by atoms with Gasteiger partial charge >= 0.3 is 17.1 Å². The lowest BCUT2D eigenvalue weighted by atomic mass is 10.6. The SMILES string of the molecule is C[Si]1(C)OC2O[Si](C)(C)OC2O1. The predicted molar refractivity (Wildman–Crippen MR) is 46.9 cm³/mol. The molecule has 0 aliphatic carbocycles. The van der Waals surface area contributed by atoms with Crippen molar-refractivity contribution in [2.24, 2.45) is 0 Å². The molecule has 0 radical (unpaired) electrons. The summed E-state index contributed by atoms with van der Waals surface area (Å²) in [6, 6.07) is 0. The second kappa shape index (κ2) is 2.40. The Labute approximate surface area is 74.3 Å². The molecule has 0 N–H and O–H groups in total. The van der Waals surface area contributed by atoms with Crippen molar-refractivity contribution in [3.63, 3.8) is 0 Å². The first-order valence-electron chi connectivity index (χ1n) is 4.09. The lowest BCUT2D eigenvalue weighted by Gasteiger charge is -2.19. The largest absolute Gasteiger partial charge is 0.364 e. The molecule has 0 atom stereocenters. The van der Waals surface area contributed by atoms with Gasteiger partial charge in [0.2, 0.25) is 0 Å². The molecule has 2 aliphatic rings. The second-order valence-corrected chi connectivity index (χ2v) is 10.5. The quantitative estimate of drug-likeness (QED) is 0.557. The highest BCUT2D eigenvalue weighted by atomic mass is 28.4. The third-order valence-corrected chi connectivity index (χ3v) is 5.02. The molecular formula is C6H14O4Si2. The minimum absolute atomic E-state index is 0.256. The smallest absolute Gasteiger partial charge is 0.335 e. The molecule has 0 amide bonds. The highest BCUT2D eigenvalue weighted by Crippen LogP contribution is 2.35. The van der Waals surface area contributed by atoms with Crippen LogP contribution >= 0.6 is 0 Å². The maximum atomic E-state index is 5.61. The van der Waals surface area contributed by atoms with Gasteiger partial charge in [-0.15, -0.1) is 0 Å². The standard InChI is InChI=1S/C6H14O4Si2/c1-11(2)7-5-6(8-11)10-12(3,4)9-5/h5-6H,1-4H3. The molecule has 0 aromatic rings. The Balaban J connectivity index is 2.07. The highest BCUT2D eigenvalue weighted by molar-refractivity contribution is 6.67. The van der Waals surface area contributed by atoms with E-state index in [9.17, 15) is 0 Å². The van der Waals surface area contributed by atoms with Gasteiger partial charge in [0.15, 0.2) is 12.6 Å². The number of hydrogen-bond donors (Lipinski definition) is 0. The van der Waals surface area contributed by atoms with Crippen molar-refractivity contribution < 1.29 is 17.7 Å². The van der Waals surface area contributed by atoms with Gasteiger partial charge in [-0.3, -0.25) is 0 Å². The van der Waals surface area contributed by atoms with Gasteiger partial charge in [-0.25, -0.2) is 0 Å². The Kier molecular flexibility index (Phi) is 1.77. The summed E-state index contributed by atoms with van der Waals surface area (Å²) in [6.45, 7) is 7.97. The number of hydrogen-bond acceptors (Lipinski definition) is 4. The van der Waals surface area contributed by atoms with Crippen LogP contribution in [0, 0.1) is 0 Å². The van der Waals surface area contributed by atoms with Crippen LogP contribution in [0.5, 0.6) is 0 Å². The van der Waals surface area contributed by atoms with E-state index in [0.717, 1.165) is 0 Å². The lowest BCUT2D eigenvalue weighted by Crippen LogP contribution is -2.36. The van der Waals surface area contributed by atoms with Gasteiger partial charge in [0.1, 0.15) is 0 Å². The van der Waals surface area contributed by atoms with E-state index in [0.29, 0.717) is 0 Å². The lowest BCUT2D eigenvalue weighted by molar-refractivity contribution is -0.0419. The molecule has 0 unspecified atom stereocenters. The van der Waals surface area contributed by atoms with E-state index < -0.39 is 17.1 Å². The van der Waals surface area contributed by atoms with Crippen molar-refractivity contribution in [2.45, 2.75) is 38.8 Å². The fourth-order valence-corrected chi connectivity index (χ4v) is 4.62. The van der Waals surface area contributed by atoms with Crippen molar-refractivity contribution in [3.05, 3.63) is 0 Å². The Hall–Kier alpha value is 0.274. The Morgan fingerprint density at radius 3 is 1.17 bits per heavy atom. The molecule has 0 aromatic carbocycles. The third kappa shape index (κ3) is 1.50. The molecule has 2 saturated heterocycles. The van der Waals surface area contributed by atoms with Gasteiger partial charge in [0.05, 0.1) is 0 Å². The van der Waals surface area contributed by atoms with Crippen LogP contribution in [0.3, 0.4) is 0 Å². The summed E-state index contributed by atoms with van der Waals surface area (Å²) in [7, 11) is -3.85. The van der Waals surface area contributed by atoms with E-state index >= 15 is 0 Å². The van der Waals surface area contributed by atoms with E-state index in [-0.39, 0.29) is 12.6 Å². The maximum Gasteiger partial charge on any atom is 0.335 e. The van der Waals surface area contributed by atoms with Crippen molar-refractivity contribution in [3.8, 4) is 0 Å². The first kappa shape index (κ1) is 8.85. The van der Waals surface area contributed by atoms with E-state index in [4.69, 9.17) is 17.7 Å². The first-order valence-corrected chi connectivity index (χ1v) is 9.73. The fourth-order valence-electron chi connectivity index (χ4n) is 1.44. The third-order valence-electron chi connectivity index (χ3n) is 1.82. The van der Waals surface area contributed by atoms with Crippen LogP contribution in [0.2, 0.25) is 26.2 Å². The van der Waals surface area contributed by atoms with E-state index in [2.05, 4.69) is 0 Å². The average Bonchev–Trinajstić information content (AvgIpc) is 2.12. The van der Waals surface area contributed by atoms with E-state index in [1.807, 2.05) is 26.2 Å². The predicted octanol–water partition coefficient (Wildman–Crippen LogP) is 1.14. The molecule has 2 heterocycles. The van der Waals surface area contributed by atoms with Gasteiger partial charge in [-0.05, 0) is 26.2 Å².